The maximum absolute atomic E-state index is 8.63. The molecular weight excluding hydrogens is 458 g/mol. The number of benzene rings is 1. The van der Waals surface area contributed by atoms with Crippen LogP contribution in [0.1, 0.15) is 34.6 Å². The van der Waals surface area contributed by atoms with Gasteiger partial charge in [-0.3, -0.25) is 6.08 Å². The summed E-state index contributed by atoms with van der Waals surface area (Å²) in [5.74, 6) is 0.322. The molecule has 0 saturated carbocycles. The molecule has 1 aliphatic rings. The molecule has 1 aliphatic carbocycles. The summed E-state index contributed by atoms with van der Waals surface area (Å²) in [5, 5.41) is 8.63. The first-order chi connectivity index (χ1) is 7.84. The predicted molar refractivity (Wildman–Crippen MR) is 72.7 cm³/mol. The quantitative estimate of drug-likeness (QED) is 0.356. The fraction of sp³-hybridized carbons (Fsp3) is 0.375. The Kier molecular flexibility index (Phi) is 13.3. The molecule has 0 amide bonds. The maximum atomic E-state index is 8.63. The van der Waals surface area contributed by atoms with Gasteiger partial charge in [-0.25, -0.2) is 5.57 Å². The molecule has 1 N–H and O–H groups in total. The van der Waals surface area contributed by atoms with Crippen molar-refractivity contribution in [3.63, 3.8) is 0 Å². The average Bonchev–Trinajstić information content (AvgIpc) is 2.44. The van der Waals surface area contributed by atoms with Gasteiger partial charge < -0.3 is 29.9 Å². The molecule has 0 unspecified atom stereocenters. The Morgan fingerprint density at radius 2 is 1.40 bits per heavy atom. The number of para-hydroxylation sites is 1. The second-order valence-electron chi connectivity index (χ2n) is 4.96. The Morgan fingerprint density at radius 1 is 0.950 bits per heavy atom. The number of phenolic OH excluding ortho intramolecular Hbond substituents is 1. The summed E-state index contributed by atoms with van der Waals surface area (Å²) in [4.78, 5) is 0. The van der Waals surface area contributed by atoms with Gasteiger partial charge in [0, 0.05) is 25.8 Å². The van der Waals surface area contributed by atoms with Crippen LogP contribution in [0.3, 0.4) is 0 Å². The van der Waals surface area contributed by atoms with E-state index in [1.807, 2.05) is 6.07 Å². The molecule has 0 spiro atoms. The molecule has 0 heterocycles. The number of allylic oxidation sites excluding steroid dienone is 4. The van der Waals surface area contributed by atoms with E-state index in [0.29, 0.717) is 5.75 Å². The van der Waals surface area contributed by atoms with Crippen molar-refractivity contribution in [1.82, 2.24) is 0 Å². The molecule has 0 saturated heterocycles. The van der Waals surface area contributed by atoms with Gasteiger partial charge in [-0.2, -0.15) is 11.1 Å². The van der Waals surface area contributed by atoms with Gasteiger partial charge in [-0.1, -0.05) is 51.3 Å². The minimum atomic E-state index is 0. The second kappa shape index (κ2) is 10.6. The zero-order chi connectivity index (χ0) is 13.1. The molecule has 1 aromatic rings. The molecule has 1 nitrogen and oxygen atoms in total. The summed E-state index contributed by atoms with van der Waals surface area (Å²) in [6, 6.07) is 8.71. The third-order valence-electron chi connectivity index (χ3n) is 3.32. The predicted octanol–water partition coefficient (Wildman–Crippen LogP) is -1.49. The van der Waals surface area contributed by atoms with Crippen LogP contribution in [0.5, 0.6) is 5.75 Å². The molecule has 2 rings (SSSR count). The largest absolute Gasteiger partial charge is 1.00 e. The first kappa shape index (κ1) is 24.9. The van der Waals surface area contributed by atoms with Crippen LogP contribution in [0.15, 0.2) is 47.1 Å². The van der Waals surface area contributed by atoms with Crippen LogP contribution in [0.4, 0.5) is 0 Å². The third-order valence-corrected chi connectivity index (χ3v) is 3.32. The van der Waals surface area contributed by atoms with Crippen molar-refractivity contribution in [3.05, 3.63) is 53.1 Å². The molecule has 4 heteroatoms. The van der Waals surface area contributed by atoms with E-state index in [-0.39, 0.29) is 56.1 Å². The summed E-state index contributed by atoms with van der Waals surface area (Å²) < 4.78 is 0. The zero-order valence-electron chi connectivity index (χ0n) is 12.6. The smallest absolute Gasteiger partial charge is 0.115 e. The number of aromatic hydroxyl groups is 1. The van der Waals surface area contributed by atoms with E-state index < -0.39 is 0 Å². The van der Waals surface area contributed by atoms with E-state index in [9.17, 15) is 0 Å². The monoisotopic (exact) mass is 479 g/mol. The van der Waals surface area contributed by atoms with Crippen molar-refractivity contribution in [2.24, 2.45) is 5.41 Å². The number of hydrogen-bond acceptors (Lipinski definition) is 1. The Balaban J connectivity index is -0.000000262. The number of rotatable bonds is 0. The molecule has 0 radical (unpaired) electrons. The summed E-state index contributed by atoms with van der Waals surface area (Å²) in [6.07, 6.45) is 3.44. The number of phenols is 1. The molecule has 0 fully saturated rings. The van der Waals surface area contributed by atoms with Crippen molar-refractivity contribution < 1.29 is 55.8 Å². The van der Waals surface area contributed by atoms with Gasteiger partial charge in [0.05, 0.1) is 0 Å². The van der Waals surface area contributed by atoms with Gasteiger partial charge in [-0.15, -0.1) is 6.92 Å². The van der Waals surface area contributed by atoms with E-state index in [0.717, 1.165) is 0 Å². The molecular formula is C16H21Cl2HfO-3. The zero-order valence-corrected chi connectivity index (χ0v) is 17.7. The van der Waals surface area contributed by atoms with Crippen LogP contribution >= 0.6 is 0 Å². The van der Waals surface area contributed by atoms with Gasteiger partial charge in [0.25, 0.3) is 0 Å². The van der Waals surface area contributed by atoms with E-state index in [1.165, 1.54) is 16.7 Å². The minimum absolute atomic E-state index is 0. The number of hydrogen-bond donors (Lipinski definition) is 1. The SMILES string of the molecule is CC1=[C-]C(C)(C)C(C)=C1C.Oc1ccccc1.[Cl-].[Cl-].[Hf]. The molecule has 1 aromatic carbocycles. The van der Waals surface area contributed by atoms with Crippen LogP contribution in [0, 0.1) is 11.5 Å². The van der Waals surface area contributed by atoms with E-state index in [1.54, 1.807) is 24.3 Å². The number of halogens is 2. The fourth-order valence-corrected chi connectivity index (χ4v) is 1.83. The minimum Gasteiger partial charge on any atom is -1.00 e. The van der Waals surface area contributed by atoms with Crippen molar-refractivity contribution in [3.8, 4) is 5.75 Å². The Hall–Kier alpha value is -0.0499. The van der Waals surface area contributed by atoms with Crippen molar-refractivity contribution in [2.45, 2.75) is 34.6 Å². The maximum Gasteiger partial charge on any atom is 0.115 e. The van der Waals surface area contributed by atoms with Gasteiger partial charge >= 0.3 is 0 Å². The van der Waals surface area contributed by atoms with Crippen LogP contribution < -0.4 is 24.8 Å². The Labute approximate surface area is 154 Å². The van der Waals surface area contributed by atoms with Crippen LogP contribution in [-0.2, 0) is 25.8 Å². The van der Waals surface area contributed by atoms with E-state index >= 15 is 0 Å². The molecule has 0 bridgehead atoms. The summed E-state index contributed by atoms with van der Waals surface area (Å²) in [7, 11) is 0. The van der Waals surface area contributed by atoms with Gasteiger partial charge in [0.2, 0.25) is 0 Å². The topological polar surface area (TPSA) is 20.2 Å². The van der Waals surface area contributed by atoms with Gasteiger partial charge in [0.15, 0.2) is 0 Å². The normalized spacial score (nSPS) is 14.8. The standard InChI is InChI=1S/C10H15.C6H6O.2ClH.Hf/c1-7-6-10(4,5)9(3)8(7)2;7-6-4-2-1-3-5-6;;;/h1-5H3;1-5,7H;2*1H;/q-1;;;;/p-2. The molecule has 0 atom stereocenters. The van der Waals surface area contributed by atoms with E-state index in [2.05, 4.69) is 40.7 Å². The molecule has 0 aromatic heterocycles. The summed E-state index contributed by atoms with van der Waals surface area (Å²) >= 11 is 0. The van der Waals surface area contributed by atoms with Crippen LogP contribution in [0.2, 0.25) is 0 Å². The van der Waals surface area contributed by atoms with Gasteiger partial charge in [-0.05, 0) is 12.1 Å². The Morgan fingerprint density at radius 3 is 1.55 bits per heavy atom. The van der Waals surface area contributed by atoms with Gasteiger partial charge in [0.1, 0.15) is 5.75 Å². The third kappa shape index (κ3) is 7.10. The molecule has 112 valence electrons. The van der Waals surface area contributed by atoms with Crippen molar-refractivity contribution in [1.29, 1.82) is 0 Å². The molecule has 20 heavy (non-hydrogen) atoms. The van der Waals surface area contributed by atoms with Crippen LogP contribution in [-0.4, -0.2) is 5.11 Å². The first-order valence-electron chi connectivity index (χ1n) is 5.88. The first-order valence-corrected chi connectivity index (χ1v) is 5.88. The summed E-state index contributed by atoms with van der Waals surface area (Å²) in [5.41, 5.74) is 4.39. The fourth-order valence-electron chi connectivity index (χ4n) is 1.83. The summed E-state index contributed by atoms with van der Waals surface area (Å²) in [6.45, 7) is 10.9. The van der Waals surface area contributed by atoms with Crippen molar-refractivity contribution >= 4 is 0 Å². The van der Waals surface area contributed by atoms with Crippen LogP contribution in [0.25, 0.3) is 0 Å². The van der Waals surface area contributed by atoms with Crippen molar-refractivity contribution in [2.75, 3.05) is 0 Å². The average molecular weight is 479 g/mol. The second-order valence-corrected chi connectivity index (χ2v) is 4.96. The Bertz CT molecular complexity index is 451. The molecule has 0 aliphatic heterocycles. The van der Waals surface area contributed by atoms with E-state index in [4.69, 9.17) is 5.11 Å².